The minimum absolute atomic E-state index is 0.0556. The van der Waals surface area contributed by atoms with Crippen LogP contribution in [0.3, 0.4) is 0 Å². The number of urea groups is 1. The average molecular weight is 477 g/mol. The van der Waals surface area contributed by atoms with Crippen molar-refractivity contribution in [2.24, 2.45) is 0 Å². The molecule has 2 N–H and O–H groups in total. The molecule has 2 saturated heterocycles. The number of amides is 3. The second-order valence-electron chi connectivity index (χ2n) is 9.82. The summed E-state index contributed by atoms with van der Waals surface area (Å²) in [6, 6.07) is 1.64. The van der Waals surface area contributed by atoms with Gasteiger partial charge in [0.05, 0.1) is 17.8 Å². The predicted octanol–water partition coefficient (Wildman–Crippen LogP) is 3.42. The number of aromatic amines is 1. The summed E-state index contributed by atoms with van der Waals surface area (Å²) in [4.78, 5) is 32.3. The summed E-state index contributed by atoms with van der Waals surface area (Å²) in [7, 11) is 0. The van der Waals surface area contributed by atoms with Crippen molar-refractivity contribution in [2.45, 2.75) is 57.8 Å². The normalized spacial score (nSPS) is 23.7. The molecule has 1 unspecified atom stereocenters. The van der Waals surface area contributed by atoms with Crippen LogP contribution >= 0.6 is 0 Å². The monoisotopic (exact) mass is 476 g/mol. The molecule has 1 aromatic heterocycles. The lowest BCUT2D eigenvalue weighted by atomic mass is 10.0. The van der Waals surface area contributed by atoms with E-state index in [2.05, 4.69) is 20.4 Å². The topological polar surface area (TPSA) is 84.6 Å². The van der Waals surface area contributed by atoms with E-state index >= 15 is 0 Å². The molecule has 0 aliphatic carbocycles. The van der Waals surface area contributed by atoms with Crippen molar-refractivity contribution in [3.63, 3.8) is 0 Å². The van der Waals surface area contributed by atoms with E-state index in [0.717, 1.165) is 25.9 Å². The molecule has 5 rings (SSSR count). The minimum Gasteiger partial charge on any atom is -0.319 e. The fourth-order valence-corrected chi connectivity index (χ4v) is 5.44. The Morgan fingerprint density at radius 3 is 2.68 bits per heavy atom. The summed E-state index contributed by atoms with van der Waals surface area (Å²) in [6.45, 7) is 8.54. The number of aromatic nitrogens is 2. The van der Waals surface area contributed by atoms with E-state index in [4.69, 9.17) is 0 Å². The van der Waals surface area contributed by atoms with E-state index < -0.39 is 34.5 Å². The van der Waals surface area contributed by atoms with Crippen LogP contribution < -0.4 is 5.32 Å². The van der Waals surface area contributed by atoms with Gasteiger partial charge < -0.3 is 15.1 Å². The van der Waals surface area contributed by atoms with Gasteiger partial charge in [0.2, 0.25) is 0 Å². The van der Waals surface area contributed by atoms with Gasteiger partial charge in [0.25, 0.3) is 5.91 Å². The maximum Gasteiger partial charge on any atom is 0.321 e. The summed E-state index contributed by atoms with van der Waals surface area (Å²) in [6.07, 6.45) is 2.21. The van der Waals surface area contributed by atoms with Crippen molar-refractivity contribution in [2.75, 3.05) is 25.0 Å². The lowest BCUT2D eigenvalue weighted by molar-refractivity contribution is 0.0454. The Balaban J connectivity index is 1.38. The van der Waals surface area contributed by atoms with E-state index in [1.807, 2.05) is 25.7 Å². The molecule has 3 amide bonds. The largest absolute Gasteiger partial charge is 0.321 e. The van der Waals surface area contributed by atoms with Crippen LogP contribution in [0.1, 0.15) is 55.2 Å². The maximum absolute atomic E-state index is 14.1. The molecule has 1 aromatic carbocycles. The molecule has 3 aliphatic rings. The smallest absolute Gasteiger partial charge is 0.319 e. The second-order valence-corrected chi connectivity index (χ2v) is 9.82. The zero-order valence-corrected chi connectivity index (χ0v) is 19.3. The molecule has 182 valence electrons. The molecule has 0 spiro atoms. The molecule has 2 aromatic rings. The van der Waals surface area contributed by atoms with Gasteiger partial charge in [-0.15, -0.1) is 0 Å². The molecule has 4 heterocycles. The van der Waals surface area contributed by atoms with Gasteiger partial charge in [-0.1, -0.05) is 0 Å². The molecule has 0 bridgehead atoms. The van der Waals surface area contributed by atoms with Crippen LogP contribution in [0.15, 0.2) is 12.1 Å². The lowest BCUT2D eigenvalue weighted by Crippen LogP contribution is -2.60. The van der Waals surface area contributed by atoms with Gasteiger partial charge in [0.1, 0.15) is 11.4 Å². The van der Waals surface area contributed by atoms with Gasteiger partial charge in [0, 0.05) is 30.7 Å². The molecule has 34 heavy (non-hydrogen) atoms. The Bertz CT molecular complexity index is 1170. The highest BCUT2D eigenvalue weighted by molar-refractivity contribution is 6.04. The fourth-order valence-electron chi connectivity index (χ4n) is 5.44. The number of fused-ring (bicyclic) bond motifs is 2. The first-order valence-electron chi connectivity index (χ1n) is 11.4. The van der Waals surface area contributed by atoms with Crippen molar-refractivity contribution < 1.29 is 22.8 Å². The third kappa shape index (κ3) is 3.44. The van der Waals surface area contributed by atoms with Crippen LogP contribution in [0.2, 0.25) is 0 Å². The van der Waals surface area contributed by atoms with Crippen LogP contribution in [-0.4, -0.2) is 68.6 Å². The standard InChI is InChI=1S/C23H27F3N6O2/c1-12-9-30-8-4-5-13(30)10-31(12)22(34)32-11-14-19(23(32,2)3)28-29-20(14)27-21(33)17-15(24)6-7-16(25)18(17)26/h6-7,12-13H,4-5,8-11H2,1-3H3,(H2,27,28,29,33)/t12?,13-/m0/s1. The molecular weight excluding hydrogens is 449 g/mol. The fraction of sp³-hybridized carbons (Fsp3) is 0.522. The predicted molar refractivity (Wildman–Crippen MR) is 118 cm³/mol. The number of anilines is 1. The molecule has 11 heteroatoms. The van der Waals surface area contributed by atoms with Gasteiger partial charge in [0.15, 0.2) is 17.5 Å². The van der Waals surface area contributed by atoms with Crippen LogP contribution in [0.5, 0.6) is 0 Å². The number of benzene rings is 1. The molecule has 3 aliphatic heterocycles. The molecule has 2 fully saturated rings. The minimum atomic E-state index is -1.57. The number of carbonyl (C=O) groups excluding carboxylic acids is 2. The van der Waals surface area contributed by atoms with Gasteiger partial charge >= 0.3 is 6.03 Å². The molecule has 0 radical (unpaired) electrons. The summed E-state index contributed by atoms with van der Waals surface area (Å²) < 4.78 is 41.7. The van der Waals surface area contributed by atoms with E-state index in [9.17, 15) is 22.8 Å². The van der Waals surface area contributed by atoms with E-state index in [-0.39, 0.29) is 24.4 Å². The molecular formula is C23H27F3N6O2. The summed E-state index contributed by atoms with van der Waals surface area (Å²) in [5.74, 6) is -5.17. The van der Waals surface area contributed by atoms with E-state index in [0.29, 0.717) is 36.0 Å². The van der Waals surface area contributed by atoms with Gasteiger partial charge in [-0.25, -0.2) is 18.0 Å². The molecule has 2 atom stereocenters. The van der Waals surface area contributed by atoms with Crippen molar-refractivity contribution in [3.8, 4) is 0 Å². The number of hydrogen-bond donors (Lipinski definition) is 2. The quantitative estimate of drug-likeness (QED) is 0.651. The maximum atomic E-state index is 14.1. The second kappa shape index (κ2) is 8.00. The highest BCUT2D eigenvalue weighted by Gasteiger charge is 2.47. The average Bonchev–Trinajstić information content (AvgIpc) is 3.46. The zero-order chi connectivity index (χ0) is 24.4. The first-order valence-corrected chi connectivity index (χ1v) is 11.4. The highest BCUT2D eigenvalue weighted by atomic mass is 19.2. The van der Waals surface area contributed by atoms with Crippen LogP contribution in [-0.2, 0) is 12.1 Å². The van der Waals surface area contributed by atoms with Crippen molar-refractivity contribution in [1.29, 1.82) is 0 Å². The third-order valence-electron chi connectivity index (χ3n) is 7.39. The van der Waals surface area contributed by atoms with Gasteiger partial charge in [-0.05, 0) is 52.3 Å². The number of rotatable bonds is 2. The van der Waals surface area contributed by atoms with Crippen molar-refractivity contribution >= 4 is 17.8 Å². The number of piperazine rings is 1. The van der Waals surface area contributed by atoms with E-state index in [1.165, 1.54) is 0 Å². The van der Waals surface area contributed by atoms with E-state index in [1.54, 1.807) is 4.90 Å². The lowest BCUT2D eigenvalue weighted by Gasteiger charge is -2.45. The zero-order valence-electron chi connectivity index (χ0n) is 19.3. The Kier molecular flexibility index (Phi) is 5.34. The third-order valence-corrected chi connectivity index (χ3v) is 7.39. The van der Waals surface area contributed by atoms with Crippen molar-refractivity contribution in [1.82, 2.24) is 24.9 Å². The Morgan fingerprint density at radius 2 is 1.91 bits per heavy atom. The highest BCUT2D eigenvalue weighted by Crippen LogP contribution is 2.42. The van der Waals surface area contributed by atoms with Gasteiger partial charge in [-0.3, -0.25) is 14.8 Å². The Hall–Kier alpha value is -3.08. The summed E-state index contributed by atoms with van der Waals surface area (Å²) in [5, 5.41) is 9.33. The molecule has 8 nitrogen and oxygen atoms in total. The Morgan fingerprint density at radius 1 is 1.18 bits per heavy atom. The first-order chi connectivity index (χ1) is 16.1. The SMILES string of the molecule is CC1CN2CCC[C@H]2CN1C(=O)N1Cc2c(NC(=O)c3c(F)ccc(F)c3F)n[nH]c2C1(C)C. The van der Waals surface area contributed by atoms with Gasteiger partial charge in [-0.2, -0.15) is 5.10 Å². The number of nitrogens with one attached hydrogen (secondary N) is 2. The number of hydrogen-bond acceptors (Lipinski definition) is 4. The van der Waals surface area contributed by atoms with Crippen LogP contribution in [0.4, 0.5) is 23.8 Å². The van der Waals surface area contributed by atoms with Crippen LogP contribution in [0.25, 0.3) is 0 Å². The summed E-state index contributed by atoms with van der Waals surface area (Å²) >= 11 is 0. The number of halogens is 3. The Labute approximate surface area is 195 Å². The van der Waals surface area contributed by atoms with Crippen molar-refractivity contribution in [3.05, 3.63) is 46.4 Å². The molecule has 0 saturated carbocycles. The first kappa shape index (κ1) is 22.7. The number of H-pyrrole nitrogens is 1. The number of carbonyl (C=O) groups is 2. The van der Waals surface area contributed by atoms with Crippen LogP contribution in [0, 0.1) is 17.5 Å². The summed E-state index contributed by atoms with van der Waals surface area (Å²) in [5.41, 5.74) is -0.589. The number of nitrogens with zero attached hydrogens (tertiary/aromatic N) is 4.